The summed E-state index contributed by atoms with van der Waals surface area (Å²) >= 11 is 0. The summed E-state index contributed by atoms with van der Waals surface area (Å²) in [5, 5.41) is -0.520. The molecule has 0 saturated carbocycles. The first-order valence-corrected chi connectivity index (χ1v) is 10.9. The lowest BCUT2D eigenvalue weighted by molar-refractivity contribution is 0.414. The summed E-state index contributed by atoms with van der Waals surface area (Å²) < 4.78 is 38.1. The number of sulfone groups is 1. The minimum atomic E-state index is -3.98. The molecule has 5 nitrogen and oxygen atoms in total. The van der Waals surface area contributed by atoms with Gasteiger partial charge in [0.25, 0.3) is 9.84 Å². The maximum Gasteiger partial charge on any atom is 0.338 e. The highest BCUT2D eigenvalue weighted by Crippen LogP contribution is 2.38. The number of ether oxygens (including phenoxy) is 1. The zero-order chi connectivity index (χ0) is 21.1. The molecule has 6 heteroatoms. The second-order valence-corrected chi connectivity index (χ2v) is 8.86. The van der Waals surface area contributed by atoms with Crippen molar-refractivity contribution in [3.8, 4) is 5.75 Å². The summed E-state index contributed by atoms with van der Waals surface area (Å²) in [6.45, 7) is 7.79. The number of benzene rings is 3. The van der Waals surface area contributed by atoms with Crippen LogP contribution in [0.25, 0.3) is 15.8 Å². The molecule has 0 fully saturated rings. The van der Waals surface area contributed by atoms with Gasteiger partial charge < -0.3 is 9.15 Å². The molecule has 0 amide bonds. The first kappa shape index (κ1) is 19.7. The van der Waals surface area contributed by atoms with Gasteiger partial charge in [0.05, 0.1) is 12.0 Å². The lowest BCUT2D eigenvalue weighted by Crippen LogP contribution is -2.26. The van der Waals surface area contributed by atoms with E-state index in [9.17, 15) is 8.42 Å². The fourth-order valence-corrected chi connectivity index (χ4v) is 5.10. The zero-order valence-corrected chi connectivity index (χ0v) is 17.0. The molecule has 0 aliphatic heterocycles. The Bertz CT molecular complexity index is 1270. The number of para-hydroxylation sites is 1. The predicted octanol–water partition coefficient (Wildman–Crippen LogP) is 5.29. The number of hydrogen-bond acceptors (Lipinski definition) is 4. The van der Waals surface area contributed by atoms with E-state index in [0.717, 1.165) is 5.39 Å². The molecule has 0 spiro atoms. The Hall–Kier alpha value is -3.56. The normalized spacial score (nSPS) is 13.5. The highest BCUT2D eigenvalue weighted by Gasteiger charge is 2.44. The predicted molar refractivity (Wildman–Crippen MR) is 115 cm³/mol. The first-order valence-electron chi connectivity index (χ1n) is 9.32. The molecule has 3 aromatic carbocycles. The Morgan fingerprint density at radius 1 is 0.933 bits per heavy atom. The smallest absolute Gasteiger partial charge is 0.338 e. The molecule has 0 saturated heterocycles. The van der Waals surface area contributed by atoms with E-state index in [1.807, 2.05) is 60.7 Å². The number of methoxy groups -OCH3 is 1. The van der Waals surface area contributed by atoms with E-state index >= 15 is 0 Å². The third-order valence-electron chi connectivity index (χ3n) is 5.03. The Balaban J connectivity index is 1.87. The van der Waals surface area contributed by atoms with Crippen molar-refractivity contribution in [2.45, 2.75) is 16.2 Å². The van der Waals surface area contributed by atoms with Crippen molar-refractivity contribution < 1.29 is 17.6 Å². The Labute approximate surface area is 175 Å². The number of furan rings is 1. The van der Waals surface area contributed by atoms with Crippen LogP contribution in [-0.4, -0.2) is 20.9 Å². The van der Waals surface area contributed by atoms with Crippen molar-refractivity contribution in [3.63, 3.8) is 0 Å². The lowest BCUT2D eigenvalue weighted by atomic mass is 9.96. The van der Waals surface area contributed by atoms with E-state index in [1.54, 1.807) is 12.1 Å². The largest absolute Gasteiger partial charge is 0.497 e. The average molecular weight is 417 g/mol. The standard InChI is InChI=1S/C24H19NO4S/c1-25-24(30(26,27)20-14-12-19(28-2)13-15-20)23(17-8-4-3-5-9-17)22-16-18-10-6-7-11-21(18)29-22/h3-16,23-24H,2H3. The van der Waals surface area contributed by atoms with Crippen molar-refractivity contribution >= 4 is 20.8 Å². The van der Waals surface area contributed by atoms with Gasteiger partial charge in [-0.15, -0.1) is 0 Å². The zero-order valence-electron chi connectivity index (χ0n) is 16.2. The van der Waals surface area contributed by atoms with E-state index in [1.165, 1.54) is 19.2 Å². The first-order chi connectivity index (χ1) is 14.5. The van der Waals surface area contributed by atoms with Crippen LogP contribution >= 0.6 is 0 Å². The fourth-order valence-electron chi connectivity index (χ4n) is 3.51. The number of fused-ring (bicyclic) bond motifs is 1. The van der Waals surface area contributed by atoms with E-state index in [0.29, 0.717) is 22.7 Å². The van der Waals surface area contributed by atoms with Gasteiger partial charge in [-0.1, -0.05) is 48.5 Å². The molecule has 150 valence electrons. The van der Waals surface area contributed by atoms with Crippen molar-refractivity contribution in [2.75, 3.05) is 7.11 Å². The molecule has 2 atom stereocenters. The third-order valence-corrected chi connectivity index (χ3v) is 6.97. The van der Waals surface area contributed by atoms with Crippen LogP contribution in [0.5, 0.6) is 5.75 Å². The highest BCUT2D eigenvalue weighted by atomic mass is 32.2. The number of rotatable bonds is 6. The van der Waals surface area contributed by atoms with Gasteiger partial charge in [-0.3, -0.25) is 4.85 Å². The number of nitrogens with zero attached hydrogens (tertiary/aromatic N) is 1. The molecule has 4 rings (SSSR count). The van der Waals surface area contributed by atoms with Gasteiger partial charge in [-0.05, 0) is 42.0 Å². The van der Waals surface area contributed by atoms with Gasteiger partial charge in [0.15, 0.2) is 0 Å². The molecule has 0 N–H and O–H groups in total. The van der Waals surface area contributed by atoms with E-state index in [2.05, 4.69) is 4.85 Å². The Kier molecular flexibility index (Phi) is 5.30. The fraction of sp³-hybridized carbons (Fsp3) is 0.125. The topological polar surface area (TPSA) is 60.9 Å². The monoisotopic (exact) mass is 417 g/mol. The molecule has 0 radical (unpaired) electrons. The van der Waals surface area contributed by atoms with Crippen LogP contribution in [0.2, 0.25) is 0 Å². The molecular weight excluding hydrogens is 398 g/mol. The van der Waals surface area contributed by atoms with Gasteiger partial charge in [0.1, 0.15) is 23.0 Å². The maximum absolute atomic E-state index is 13.5. The second kappa shape index (κ2) is 8.05. The minimum absolute atomic E-state index is 0.0707. The van der Waals surface area contributed by atoms with Crippen molar-refractivity contribution in [3.05, 3.63) is 108 Å². The summed E-state index contributed by atoms with van der Waals surface area (Å²) in [6, 6.07) is 24.5. The van der Waals surface area contributed by atoms with Gasteiger partial charge in [-0.2, -0.15) is 0 Å². The third kappa shape index (κ3) is 3.56. The average Bonchev–Trinajstić information content (AvgIpc) is 3.21. The van der Waals surface area contributed by atoms with Crippen LogP contribution < -0.4 is 4.74 Å². The van der Waals surface area contributed by atoms with Crippen molar-refractivity contribution in [2.24, 2.45) is 0 Å². The maximum atomic E-state index is 13.5. The van der Waals surface area contributed by atoms with Crippen LogP contribution in [0, 0.1) is 6.57 Å². The second-order valence-electron chi connectivity index (χ2n) is 6.82. The Morgan fingerprint density at radius 3 is 2.23 bits per heavy atom. The Morgan fingerprint density at radius 2 is 1.60 bits per heavy atom. The summed E-state index contributed by atoms with van der Waals surface area (Å²) in [5.41, 5.74) is 1.36. The lowest BCUT2D eigenvalue weighted by Gasteiger charge is -2.18. The summed E-state index contributed by atoms with van der Waals surface area (Å²) in [7, 11) is -2.47. The summed E-state index contributed by atoms with van der Waals surface area (Å²) in [4.78, 5) is 3.64. The highest BCUT2D eigenvalue weighted by molar-refractivity contribution is 7.92. The van der Waals surface area contributed by atoms with Crippen molar-refractivity contribution in [1.82, 2.24) is 0 Å². The van der Waals surface area contributed by atoms with Crippen LogP contribution in [0.4, 0.5) is 0 Å². The van der Waals surface area contributed by atoms with E-state index < -0.39 is 21.1 Å². The SMILES string of the molecule is [C-]#[N+]C(C(c1ccccc1)c1cc2ccccc2o1)S(=O)(=O)c1ccc(OC)cc1. The van der Waals surface area contributed by atoms with Gasteiger partial charge >= 0.3 is 5.37 Å². The van der Waals surface area contributed by atoms with E-state index in [-0.39, 0.29) is 4.90 Å². The molecule has 1 heterocycles. The van der Waals surface area contributed by atoms with Crippen LogP contribution in [0.15, 0.2) is 94.2 Å². The molecule has 4 aromatic rings. The van der Waals surface area contributed by atoms with Gasteiger partial charge in [-0.25, -0.2) is 15.0 Å². The van der Waals surface area contributed by atoms with Crippen LogP contribution in [0.3, 0.4) is 0 Å². The number of hydrogen-bond donors (Lipinski definition) is 0. The summed E-state index contributed by atoms with van der Waals surface area (Å²) in [5.74, 6) is 0.217. The summed E-state index contributed by atoms with van der Waals surface area (Å²) in [6.07, 6.45) is 0. The molecule has 1 aromatic heterocycles. The molecular formula is C24H19NO4S. The molecule has 2 unspecified atom stereocenters. The van der Waals surface area contributed by atoms with E-state index in [4.69, 9.17) is 15.7 Å². The molecule has 0 aliphatic rings. The van der Waals surface area contributed by atoms with Crippen molar-refractivity contribution in [1.29, 1.82) is 0 Å². The quantitative estimate of drug-likeness (QED) is 0.400. The minimum Gasteiger partial charge on any atom is -0.497 e. The van der Waals surface area contributed by atoms with Gasteiger partial charge in [0.2, 0.25) is 0 Å². The van der Waals surface area contributed by atoms with Gasteiger partial charge in [0, 0.05) is 5.39 Å². The molecule has 30 heavy (non-hydrogen) atoms. The molecule has 0 bridgehead atoms. The van der Waals surface area contributed by atoms with Crippen LogP contribution in [0.1, 0.15) is 17.2 Å². The molecule has 0 aliphatic carbocycles. The van der Waals surface area contributed by atoms with Crippen LogP contribution in [-0.2, 0) is 9.84 Å².